The molecule has 3 rings (SSSR count). The van der Waals surface area contributed by atoms with E-state index in [4.69, 9.17) is 15.0 Å². The molecular weight excluding hydrogens is 240 g/mol. The summed E-state index contributed by atoms with van der Waals surface area (Å²) in [4.78, 5) is 0. The van der Waals surface area contributed by atoms with Crippen molar-refractivity contribution in [2.45, 2.75) is 25.8 Å². The molecule has 1 atom stereocenters. The Morgan fingerprint density at radius 3 is 3.05 bits per heavy atom. The van der Waals surface area contributed by atoms with Gasteiger partial charge in [0.2, 0.25) is 0 Å². The maximum Gasteiger partial charge on any atom is 0.122 e. The summed E-state index contributed by atoms with van der Waals surface area (Å²) in [5.41, 5.74) is 6.38. The minimum Gasteiger partial charge on any atom is -0.493 e. The number of nitrogens with two attached hydrogens (primary N) is 1. The number of hydrogen-bond donors (Lipinski definition) is 2. The number of aryl methyl sites for hydroxylation is 1. The summed E-state index contributed by atoms with van der Waals surface area (Å²) in [7, 11) is 0. The fraction of sp³-hybridized carbons (Fsp3) is 0.333. The van der Waals surface area contributed by atoms with Crippen LogP contribution in [0.1, 0.15) is 35.4 Å². The predicted octanol–water partition coefficient (Wildman–Crippen LogP) is 2.33. The molecule has 0 saturated heterocycles. The van der Waals surface area contributed by atoms with Gasteiger partial charge in [0.05, 0.1) is 18.9 Å². The number of hydrogen-bond acceptors (Lipinski definition) is 4. The van der Waals surface area contributed by atoms with Crippen LogP contribution in [0, 0.1) is 0 Å². The van der Waals surface area contributed by atoms with Gasteiger partial charge in [0.25, 0.3) is 0 Å². The normalized spacial score (nSPS) is 15.1. The van der Waals surface area contributed by atoms with E-state index in [1.54, 1.807) is 6.26 Å². The molecule has 0 saturated carbocycles. The van der Waals surface area contributed by atoms with Crippen molar-refractivity contribution in [3.63, 3.8) is 0 Å². The standard InChI is InChI=1S/C15H18N2O2/c1-2-13-12(6-8-18-13)15(17-16)11-3-4-14-10(9-11)5-7-19-14/h3-4,6,8-9,15,17H,2,5,7,16H2,1H3. The van der Waals surface area contributed by atoms with Gasteiger partial charge < -0.3 is 9.15 Å². The number of ether oxygens (including phenoxy) is 1. The number of furan rings is 1. The molecule has 100 valence electrons. The summed E-state index contributed by atoms with van der Waals surface area (Å²) in [6, 6.07) is 8.18. The Labute approximate surface area is 112 Å². The first-order chi connectivity index (χ1) is 9.33. The SMILES string of the molecule is CCc1occc1C(NN)c1ccc2c(c1)CCO2. The molecule has 2 aromatic rings. The van der Waals surface area contributed by atoms with Gasteiger partial charge in [-0.05, 0) is 23.3 Å². The van der Waals surface area contributed by atoms with E-state index in [9.17, 15) is 0 Å². The third-order valence-corrected chi connectivity index (χ3v) is 3.63. The van der Waals surface area contributed by atoms with Crippen molar-refractivity contribution in [3.8, 4) is 5.75 Å². The van der Waals surface area contributed by atoms with Crippen LogP contribution in [-0.4, -0.2) is 6.61 Å². The van der Waals surface area contributed by atoms with Crippen molar-refractivity contribution < 1.29 is 9.15 Å². The Kier molecular flexibility index (Phi) is 3.27. The molecule has 0 aliphatic carbocycles. The lowest BCUT2D eigenvalue weighted by molar-refractivity contribution is 0.357. The number of nitrogens with one attached hydrogen (secondary N) is 1. The summed E-state index contributed by atoms with van der Waals surface area (Å²) in [6.07, 6.45) is 3.54. The summed E-state index contributed by atoms with van der Waals surface area (Å²) in [5, 5.41) is 0. The first-order valence-corrected chi connectivity index (χ1v) is 6.61. The van der Waals surface area contributed by atoms with Crippen molar-refractivity contribution in [2.75, 3.05) is 6.61 Å². The van der Waals surface area contributed by atoms with Gasteiger partial charge in [0.1, 0.15) is 11.5 Å². The first kappa shape index (κ1) is 12.3. The summed E-state index contributed by atoms with van der Waals surface area (Å²) >= 11 is 0. The van der Waals surface area contributed by atoms with Crippen LogP contribution in [0.15, 0.2) is 34.9 Å². The second kappa shape index (κ2) is 5.07. The average molecular weight is 258 g/mol. The van der Waals surface area contributed by atoms with Crippen LogP contribution < -0.4 is 16.0 Å². The maximum absolute atomic E-state index is 5.74. The van der Waals surface area contributed by atoms with E-state index in [1.807, 2.05) is 12.1 Å². The molecule has 1 aromatic carbocycles. The van der Waals surface area contributed by atoms with Crippen LogP contribution in [0.25, 0.3) is 0 Å². The molecule has 1 unspecified atom stereocenters. The van der Waals surface area contributed by atoms with Gasteiger partial charge in [-0.2, -0.15) is 0 Å². The van der Waals surface area contributed by atoms with Crippen LogP contribution in [-0.2, 0) is 12.8 Å². The quantitative estimate of drug-likeness (QED) is 0.652. The molecule has 0 radical (unpaired) electrons. The third kappa shape index (κ3) is 2.13. The van der Waals surface area contributed by atoms with Gasteiger partial charge in [0, 0.05) is 18.4 Å². The molecule has 19 heavy (non-hydrogen) atoms. The zero-order valence-corrected chi connectivity index (χ0v) is 11.0. The molecule has 3 N–H and O–H groups in total. The van der Waals surface area contributed by atoms with Crippen molar-refractivity contribution in [2.24, 2.45) is 5.84 Å². The minimum absolute atomic E-state index is 0.0420. The second-order valence-corrected chi connectivity index (χ2v) is 4.72. The topological polar surface area (TPSA) is 60.4 Å². The van der Waals surface area contributed by atoms with Gasteiger partial charge in [-0.1, -0.05) is 19.1 Å². The van der Waals surface area contributed by atoms with E-state index in [2.05, 4.69) is 24.5 Å². The van der Waals surface area contributed by atoms with E-state index in [0.29, 0.717) is 0 Å². The highest BCUT2D eigenvalue weighted by molar-refractivity contribution is 5.43. The van der Waals surface area contributed by atoms with Gasteiger partial charge >= 0.3 is 0 Å². The molecule has 1 aliphatic rings. The Morgan fingerprint density at radius 1 is 1.37 bits per heavy atom. The number of fused-ring (bicyclic) bond motifs is 1. The number of benzene rings is 1. The molecule has 0 amide bonds. The van der Waals surface area contributed by atoms with Crippen molar-refractivity contribution >= 4 is 0 Å². The van der Waals surface area contributed by atoms with Crippen LogP contribution in [0.5, 0.6) is 5.75 Å². The van der Waals surface area contributed by atoms with E-state index in [0.717, 1.165) is 42.1 Å². The molecule has 1 aliphatic heterocycles. The van der Waals surface area contributed by atoms with Gasteiger partial charge in [-0.3, -0.25) is 5.84 Å². The molecule has 4 nitrogen and oxygen atoms in total. The summed E-state index contributed by atoms with van der Waals surface area (Å²) in [6.45, 7) is 2.85. The van der Waals surface area contributed by atoms with E-state index in [1.165, 1.54) is 5.56 Å². The smallest absolute Gasteiger partial charge is 0.122 e. The Morgan fingerprint density at radius 2 is 2.26 bits per heavy atom. The first-order valence-electron chi connectivity index (χ1n) is 6.61. The molecular formula is C15H18N2O2. The van der Waals surface area contributed by atoms with Crippen LogP contribution >= 0.6 is 0 Å². The van der Waals surface area contributed by atoms with Crippen LogP contribution in [0.3, 0.4) is 0 Å². The molecule has 0 fully saturated rings. The lowest BCUT2D eigenvalue weighted by Gasteiger charge is -2.17. The zero-order chi connectivity index (χ0) is 13.2. The third-order valence-electron chi connectivity index (χ3n) is 3.63. The highest BCUT2D eigenvalue weighted by atomic mass is 16.5. The Hall–Kier alpha value is -1.78. The van der Waals surface area contributed by atoms with Gasteiger partial charge in [0.15, 0.2) is 0 Å². The van der Waals surface area contributed by atoms with E-state index >= 15 is 0 Å². The summed E-state index contributed by atoms with van der Waals surface area (Å²) < 4.78 is 11.0. The van der Waals surface area contributed by atoms with Crippen molar-refractivity contribution in [1.82, 2.24) is 5.43 Å². The van der Waals surface area contributed by atoms with Gasteiger partial charge in [-0.25, -0.2) is 5.43 Å². The lowest BCUT2D eigenvalue weighted by Crippen LogP contribution is -2.29. The highest BCUT2D eigenvalue weighted by Crippen LogP contribution is 2.31. The number of rotatable bonds is 4. The minimum atomic E-state index is -0.0420. The second-order valence-electron chi connectivity index (χ2n) is 4.72. The van der Waals surface area contributed by atoms with Gasteiger partial charge in [-0.15, -0.1) is 0 Å². The molecule has 4 heteroatoms. The molecule has 1 aromatic heterocycles. The molecule has 0 bridgehead atoms. The maximum atomic E-state index is 5.74. The van der Waals surface area contributed by atoms with E-state index < -0.39 is 0 Å². The largest absolute Gasteiger partial charge is 0.493 e. The van der Waals surface area contributed by atoms with Crippen LogP contribution in [0.2, 0.25) is 0 Å². The monoisotopic (exact) mass is 258 g/mol. The number of hydrazine groups is 1. The fourth-order valence-corrected chi connectivity index (χ4v) is 2.65. The lowest BCUT2D eigenvalue weighted by atomic mass is 9.96. The molecule has 2 heterocycles. The Bertz CT molecular complexity index is 577. The van der Waals surface area contributed by atoms with E-state index in [-0.39, 0.29) is 6.04 Å². The van der Waals surface area contributed by atoms with Crippen molar-refractivity contribution in [3.05, 3.63) is 53.0 Å². The molecule has 0 spiro atoms. The Balaban J connectivity index is 1.98. The average Bonchev–Trinajstić information content (AvgIpc) is 3.07. The van der Waals surface area contributed by atoms with Crippen molar-refractivity contribution in [1.29, 1.82) is 0 Å². The fourth-order valence-electron chi connectivity index (χ4n) is 2.65. The summed E-state index contributed by atoms with van der Waals surface area (Å²) in [5.74, 6) is 7.70. The predicted molar refractivity (Wildman–Crippen MR) is 72.9 cm³/mol. The highest BCUT2D eigenvalue weighted by Gasteiger charge is 2.20. The zero-order valence-electron chi connectivity index (χ0n) is 11.0. The van der Waals surface area contributed by atoms with Crippen LogP contribution in [0.4, 0.5) is 0 Å².